The molecule has 5 heteroatoms. The molecule has 1 aliphatic carbocycles. The second-order valence-electron chi connectivity index (χ2n) is 4.98. The van der Waals surface area contributed by atoms with Gasteiger partial charge in [-0.1, -0.05) is 26.7 Å². The van der Waals surface area contributed by atoms with Gasteiger partial charge in [0.2, 0.25) is 0 Å². The van der Waals surface area contributed by atoms with Crippen LogP contribution in [-0.4, -0.2) is 24.7 Å². The van der Waals surface area contributed by atoms with E-state index in [0.717, 1.165) is 12.8 Å². The third-order valence-electron chi connectivity index (χ3n) is 3.98. The Balaban J connectivity index is 2.42. The summed E-state index contributed by atoms with van der Waals surface area (Å²) in [7, 11) is 0. The lowest BCUT2D eigenvalue weighted by molar-refractivity contribution is -0.128. The van der Waals surface area contributed by atoms with E-state index in [1.165, 1.54) is 0 Å². The molecule has 1 aliphatic heterocycles. The standard InChI is InChI=1S/C13H17F3O2/c1-3-7(4-2)12-10-8(6-18-12)5-9(17)11(10)13(14,15)16/h7-8,12H,3-6H2,1-2H3/t8-,12+/m0/s1. The number of hydrogen-bond acceptors (Lipinski definition) is 2. The van der Waals surface area contributed by atoms with Crippen LogP contribution in [0.5, 0.6) is 0 Å². The molecule has 102 valence electrons. The quantitative estimate of drug-likeness (QED) is 0.780. The van der Waals surface area contributed by atoms with E-state index in [2.05, 4.69) is 0 Å². The van der Waals surface area contributed by atoms with E-state index in [1.807, 2.05) is 13.8 Å². The first-order valence-corrected chi connectivity index (χ1v) is 6.36. The Morgan fingerprint density at radius 3 is 2.44 bits per heavy atom. The number of rotatable bonds is 3. The summed E-state index contributed by atoms with van der Waals surface area (Å²) in [6.45, 7) is 4.13. The van der Waals surface area contributed by atoms with Crippen molar-refractivity contribution >= 4 is 5.78 Å². The van der Waals surface area contributed by atoms with Crippen molar-refractivity contribution in [1.29, 1.82) is 0 Å². The van der Waals surface area contributed by atoms with Crippen molar-refractivity contribution in [3.05, 3.63) is 11.1 Å². The Bertz CT molecular complexity index is 380. The average molecular weight is 262 g/mol. The third-order valence-corrected chi connectivity index (χ3v) is 3.98. The Labute approximate surface area is 104 Å². The van der Waals surface area contributed by atoms with Crippen molar-refractivity contribution in [2.75, 3.05) is 6.61 Å². The van der Waals surface area contributed by atoms with Crippen LogP contribution in [0.2, 0.25) is 0 Å². The zero-order valence-electron chi connectivity index (χ0n) is 10.5. The Morgan fingerprint density at radius 1 is 1.33 bits per heavy atom. The number of carbonyl (C=O) groups excluding carboxylic acids is 1. The van der Waals surface area contributed by atoms with Gasteiger partial charge in [0.1, 0.15) is 5.57 Å². The van der Waals surface area contributed by atoms with Crippen molar-refractivity contribution in [3.8, 4) is 0 Å². The normalized spacial score (nSPS) is 28.4. The minimum Gasteiger partial charge on any atom is -0.373 e. The molecule has 2 rings (SSSR count). The van der Waals surface area contributed by atoms with Gasteiger partial charge in [0.25, 0.3) is 0 Å². The predicted octanol–water partition coefficient (Wildman–Crippen LogP) is 3.27. The highest BCUT2D eigenvalue weighted by molar-refractivity contribution is 6.00. The monoisotopic (exact) mass is 262 g/mol. The Hall–Kier alpha value is -0.840. The largest absolute Gasteiger partial charge is 0.419 e. The maximum atomic E-state index is 13.0. The summed E-state index contributed by atoms with van der Waals surface area (Å²) in [4.78, 5) is 11.5. The van der Waals surface area contributed by atoms with Gasteiger partial charge in [-0.2, -0.15) is 13.2 Å². The fourth-order valence-corrected chi connectivity index (χ4v) is 3.06. The smallest absolute Gasteiger partial charge is 0.373 e. The predicted molar refractivity (Wildman–Crippen MR) is 60.0 cm³/mol. The number of carbonyl (C=O) groups is 1. The molecule has 1 saturated heterocycles. The van der Waals surface area contributed by atoms with Crippen molar-refractivity contribution in [3.63, 3.8) is 0 Å². The topological polar surface area (TPSA) is 26.3 Å². The van der Waals surface area contributed by atoms with Crippen LogP contribution in [0, 0.1) is 11.8 Å². The first kappa shape index (κ1) is 13.6. The maximum Gasteiger partial charge on any atom is 0.419 e. The molecular weight excluding hydrogens is 245 g/mol. The number of allylic oxidation sites excluding steroid dienone is 1. The molecule has 2 nitrogen and oxygen atoms in total. The average Bonchev–Trinajstić information content (AvgIpc) is 2.77. The molecule has 0 aromatic carbocycles. The van der Waals surface area contributed by atoms with Gasteiger partial charge in [0.05, 0.1) is 12.7 Å². The molecule has 0 aromatic heterocycles. The van der Waals surface area contributed by atoms with Gasteiger partial charge in [-0.15, -0.1) is 0 Å². The molecule has 1 heterocycles. The molecule has 0 bridgehead atoms. The highest BCUT2D eigenvalue weighted by Gasteiger charge is 2.52. The molecule has 0 aromatic rings. The minimum atomic E-state index is -4.54. The fourth-order valence-electron chi connectivity index (χ4n) is 3.06. The number of ketones is 1. The number of halogens is 3. The van der Waals surface area contributed by atoms with Crippen LogP contribution >= 0.6 is 0 Å². The molecule has 2 aliphatic rings. The van der Waals surface area contributed by atoms with Crippen LogP contribution in [0.3, 0.4) is 0 Å². The maximum absolute atomic E-state index is 13.0. The van der Waals surface area contributed by atoms with E-state index in [0.29, 0.717) is 0 Å². The van der Waals surface area contributed by atoms with Gasteiger partial charge in [-0.05, 0) is 11.5 Å². The summed E-state index contributed by atoms with van der Waals surface area (Å²) in [5, 5.41) is 0. The first-order chi connectivity index (χ1) is 8.40. The molecule has 18 heavy (non-hydrogen) atoms. The van der Waals surface area contributed by atoms with Crippen LogP contribution in [0.4, 0.5) is 13.2 Å². The Kier molecular flexibility index (Phi) is 3.54. The molecule has 2 atom stereocenters. The van der Waals surface area contributed by atoms with Crippen molar-refractivity contribution in [1.82, 2.24) is 0 Å². The Morgan fingerprint density at radius 2 is 1.94 bits per heavy atom. The molecule has 0 spiro atoms. The molecule has 0 unspecified atom stereocenters. The number of hydrogen-bond donors (Lipinski definition) is 0. The molecule has 0 N–H and O–H groups in total. The van der Waals surface area contributed by atoms with E-state index in [4.69, 9.17) is 4.74 Å². The van der Waals surface area contributed by atoms with E-state index < -0.39 is 23.6 Å². The van der Waals surface area contributed by atoms with Crippen LogP contribution in [0.15, 0.2) is 11.1 Å². The van der Waals surface area contributed by atoms with Gasteiger partial charge in [-0.3, -0.25) is 4.79 Å². The molecule has 0 amide bonds. The fraction of sp³-hybridized carbons (Fsp3) is 0.769. The van der Waals surface area contributed by atoms with Crippen molar-refractivity contribution < 1.29 is 22.7 Å². The van der Waals surface area contributed by atoms with Gasteiger partial charge < -0.3 is 4.74 Å². The zero-order chi connectivity index (χ0) is 13.5. The summed E-state index contributed by atoms with van der Waals surface area (Å²) < 4.78 is 44.4. The van der Waals surface area contributed by atoms with Crippen LogP contribution in [0.25, 0.3) is 0 Å². The van der Waals surface area contributed by atoms with Gasteiger partial charge in [-0.25, -0.2) is 0 Å². The summed E-state index contributed by atoms with van der Waals surface area (Å²) in [5.41, 5.74) is -0.705. The lowest BCUT2D eigenvalue weighted by Crippen LogP contribution is -2.26. The van der Waals surface area contributed by atoms with Crippen LogP contribution < -0.4 is 0 Å². The lowest BCUT2D eigenvalue weighted by Gasteiger charge is -2.23. The highest BCUT2D eigenvalue weighted by Crippen LogP contribution is 2.47. The van der Waals surface area contributed by atoms with Gasteiger partial charge >= 0.3 is 6.18 Å². The summed E-state index contributed by atoms with van der Waals surface area (Å²) in [6, 6.07) is 0. The number of fused-ring (bicyclic) bond motifs is 1. The molecule has 1 fully saturated rings. The number of ether oxygens (including phenoxy) is 1. The van der Waals surface area contributed by atoms with Crippen LogP contribution in [-0.2, 0) is 9.53 Å². The highest BCUT2D eigenvalue weighted by atomic mass is 19.4. The number of alkyl halides is 3. The van der Waals surface area contributed by atoms with E-state index in [-0.39, 0.29) is 30.4 Å². The second kappa shape index (κ2) is 4.68. The molecule has 0 saturated carbocycles. The van der Waals surface area contributed by atoms with Gasteiger partial charge in [0.15, 0.2) is 5.78 Å². The first-order valence-electron chi connectivity index (χ1n) is 6.36. The molecular formula is C13H17F3O2. The van der Waals surface area contributed by atoms with E-state index in [9.17, 15) is 18.0 Å². The van der Waals surface area contributed by atoms with Crippen molar-refractivity contribution in [2.45, 2.75) is 45.4 Å². The zero-order valence-corrected chi connectivity index (χ0v) is 10.5. The molecule has 0 radical (unpaired) electrons. The van der Waals surface area contributed by atoms with Gasteiger partial charge in [0, 0.05) is 12.3 Å². The summed E-state index contributed by atoms with van der Waals surface area (Å²) in [5.74, 6) is -1.05. The summed E-state index contributed by atoms with van der Waals surface area (Å²) >= 11 is 0. The summed E-state index contributed by atoms with van der Waals surface area (Å²) in [6.07, 6.45) is -3.58. The third kappa shape index (κ3) is 2.09. The van der Waals surface area contributed by atoms with E-state index in [1.54, 1.807) is 0 Å². The second-order valence-corrected chi connectivity index (χ2v) is 4.98. The lowest BCUT2D eigenvalue weighted by atomic mass is 9.87. The van der Waals surface area contributed by atoms with Crippen molar-refractivity contribution in [2.24, 2.45) is 11.8 Å². The van der Waals surface area contributed by atoms with Crippen LogP contribution in [0.1, 0.15) is 33.1 Å². The SMILES string of the molecule is CCC(CC)[C@H]1OC[C@@H]2CC(=O)C(C(F)(F)F)=C21. The minimum absolute atomic E-state index is 0.0408. The number of Topliss-reactive ketones (excluding diaryl/α,β-unsaturated/α-hetero) is 1. The van der Waals surface area contributed by atoms with E-state index >= 15 is 0 Å².